The maximum Gasteiger partial charge on any atom is 0.472 e. The van der Waals surface area contributed by atoms with E-state index in [-0.39, 0.29) is 25.7 Å². The number of phosphoric ester groups is 2. The van der Waals surface area contributed by atoms with Crippen molar-refractivity contribution in [1.82, 2.24) is 0 Å². The van der Waals surface area contributed by atoms with E-state index in [1.807, 2.05) is 24.3 Å². The van der Waals surface area contributed by atoms with Gasteiger partial charge in [0.15, 0.2) is 12.2 Å². The minimum Gasteiger partial charge on any atom is -0.462 e. The second-order valence-electron chi connectivity index (χ2n) is 24.8. The summed E-state index contributed by atoms with van der Waals surface area (Å²) in [6.45, 7) is 4.24. The van der Waals surface area contributed by atoms with E-state index in [4.69, 9.17) is 37.0 Å². The smallest absolute Gasteiger partial charge is 0.462 e. The highest BCUT2D eigenvalue weighted by Crippen LogP contribution is 2.45. The lowest BCUT2D eigenvalue weighted by atomic mass is 10.1. The molecule has 0 saturated heterocycles. The highest BCUT2D eigenvalue weighted by Gasteiger charge is 2.30. The summed E-state index contributed by atoms with van der Waals surface area (Å²) < 4.78 is 68.4. The van der Waals surface area contributed by atoms with Crippen molar-refractivity contribution in [2.75, 3.05) is 39.6 Å². The molecule has 0 saturated carbocycles. The second-order valence-corrected chi connectivity index (χ2v) is 27.7. The predicted molar refractivity (Wildman–Crippen MR) is 426 cm³/mol. The summed E-state index contributed by atoms with van der Waals surface area (Å²) in [5.41, 5.74) is 0. The first-order valence-corrected chi connectivity index (χ1v) is 41.7. The maximum atomic E-state index is 13.1. The topological polar surface area (TPSA) is 237 Å². The Bertz CT molecular complexity index is 2740. The average Bonchev–Trinajstić information content (AvgIpc) is 0.911. The summed E-state index contributed by atoms with van der Waals surface area (Å²) in [5, 5.41) is 10.6. The largest absolute Gasteiger partial charge is 0.472 e. The van der Waals surface area contributed by atoms with Gasteiger partial charge < -0.3 is 33.8 Å². The molecule has 0 rings (SSSR count). The molecule has 5 atom stereocenters. The van der Waals surface area contributed by atoms with Crippen LogP contribution in [0.1, 0.15) is 259 Å². The molecular formula is C85H134O17P2. The van der Waals surface area contributed by atoms with Gasteiger partial charge in [0.1, 0.15) is 19.3 Å². The van der Waals surface area contributed by atoms with Gasteiger partial charge in [-0.15, -0.1) is 0 Å². The Kier molecular flexibility index (Phi) is 70.7. The first-order chi connectivity index (χ1) is 50.7. The van der Waals surface area contributed by atoms with Crippen LogP contribution in [-0.2, 0) is 65.4 Å². The lowest BCUT2D eigenvalue weighted by Gasteiger charge is -2.21. The second kappa shape index (κ2) is 75.1. The van der Waals surface area contributed by atoms with Gasteiger partial charge in [-0.25, -0.2) is 9.13 Å². The van der Waals surface area contributed by atoms with Crippen LogP contribution in [0.25, 0.3) is 0 Å². The number of carbonyl (C=O) groups is 4. The molecule has 104 heavy (non-hydrogen) atoms. The third-order valence-corrected chi connectivity index (χ3v) is 16.9. The zero-order valence-electron chi connectivity index (χ0n) is 63.9. The van der Waals surface area contributed by atoms with E-state index >= 15 is 0 Å². The summed E-state index contributed by atoms with van der Waals surface area (Å²) in [6, 6.07) is 0. The summed E-state index contributed by atoms with van der Waals surface area (Å²) in [5.74, 6) is -2.39. The Labute approximate surface area is 627 Å². The minimum atomic E-state index is -5.02. The molecule has 586 valence electrons. The number of unbranched alkanes of at least 4 members (excludes halogenated alkanes) is 12. The van der Waals surface area contributed by atoms with E-state index in [9.17, 15) is 43.2 Å². The van der Waals surface area contributed by atoms with Gasteiger partial charge in [0.25, 0.3) is 0 Å². The van der Waals surface area contributed by atoms with Gasteiger partial charge >= 0.3 is 39.5 Å². The van der Waals surface area contributed by atoms with Gasteiger partial charge in [-0.3, -0.25) is 37.3 Å². The highest BCUT2D eigenvalue weighted by atomic mass is 31.2. The quantitative estimate of drug-likeness (QED) is 0.0169. The van der Waals surface area contributed by atoms with Crippen molar-refractivity contribution in [3.63, 3.8) is 0 Å². The fraction of sp³-hybridized carbons (Fsp3) is 0.576. The van der Waals surface area contributed by atoms with Crippen LogP contribution in [0, 0.1) is 0 Å². The molecule has 0 aliphatic heterocycles. The van der Waals surface area contributed by atoms with Gasteiger partial charge in [-0.1, -0.05) is 261 Å². The molecular weight excluding hydrogens is 1350 g/mol. The lowest BCUT2D eigenvalue weighted by Crippen LogP contribution is -2.30. The van der Waals surface area contributed by atoms with Crippen LogP contribution >= 0.6 is 15.6 Å². The van der Waals surface area contributed by atoms with Crippen LogP contribution < -0.4 is 0 Å². The van der Waals surface area contributed by atoms with Gasteiger partial charge in [-0.05, 0) is 167 Å². The third kappa shape index (κ3) is 74.2. The molecule has 0 spiro atoms. The van der Waals surface area contributed by atoms with Crippen molar-refractivity contribution in [2.24, 2.45) is 0 Å². The van der Waals surface area contributed by atoms with Crippen LogP contribution in [0.2, 0.25) is 0 Å². The molecule has 0 aliphatic carbocycles. The number of hydrogen-bond acceptors (Lipinski definition) is 15. The normalized spacial score (nSPS) is 15.0. The molecule has 0 heterocycles. The molecule has 0 amide bonds. The Balaban J connectivity index is 5.50. The van der Waals surface area contributed by atoms with E-state index < -0.39 is 97.5 Å². The first-order valence-electron chi connectivity index (χ1n) is 38.7. The zero-order chi connectivity index (χ0) is 76.0. The molecule has 19 heteroatoms. The standard InChI is InChI=1S/C85H134O17P2/c1-5-9-13-17-21-25-29-33-36-38-39-41-44-47-50-54-58-62-66-70-83(88)96-76-81(102-85(90)72-68-64-60-56-52-48-42-35-31-27-23-19-15-11-7-3)78-100-104(93,94)98-74-79(86)73-97-103(91,92)99-77-80(101-84(89)71-67-63-59-55-51-45-32-28-24-20-16-12-8-4)75-95-82(87)69-65-61-57-53-49-46-43-40-37-34-30-26-22-18-14-10-6-2/h9-11,13-16,20-23,25-28,32-37,39,41-43,46-47,50,52,56,58,62,79-81,86H,5-8,12,17-19,24,29-31,38,40,44-45,48-49,51,53-55,57,59-61,63-78H2,1-4H3,(H,91,92)(H,93,94)/b13-9-,14-10-,15-11-,20-16-,25-21-,26-22-,27-23-,32-28-,36-33-,37-34-,41-39-,42-35-,46-43-,50-47-,56-52-,62-58-. The van der Waals surface area contributed by atoms with Crippen molar-refractivity contribution in [3.8, 4) is 0 Å². The molecule has 0 fully saturated rings. The predicted octanol–water partition coefficient (Wildman–Crippen LogP) is 22.5. The zero-order valence-corrected chi connectivity index (χ0v) is 65.6. The summed E-state index contributed by atoms with van der Waals surface area (Å²) in [7, 11) is -10.0. The molecule has 0 aliphatic rings. The molecule has 5 unspecified atom stereocenters. The van der Waals surface area contributed by atoms with Crippen LogP contribution in [0.15, 0.2) is 194 Å². The number of rotatable bonds is 70. The van der Waals surface area contributed by atoms with E-state index in [2.05, 4.69) is 198 Å². The van der Waals surface area contributed by atoms with Crippen molar-refractivity contribution in [2.45, 2.75) is 277 Å². The number of esters is 4. The number of ether oxygens (including phenoxy) is 4. The molecule has 0 radical (unpaired) electrons. The summed E-state index contributed by atoms with van der Waals surface area (Å²) >= 11 is 0. The molecule has 0 aromatic heterocycles. The first kappa shape index (κ1) is 97.9. The van der Waals surface area contributed by atoms with Crippen molar-refractivity contribution < 1.29 is 80.2 Å². The number of allylic oxidation sites excluding steroid dienone is 32. The van der Waals surface area contributed by atoms with Gasteiger partial charge in [0.2, 0.25) is 0 Å². The minimum absolute atomic E-state index is 0.0179. The van der Waals surface area contributed by atoms with Crippen LogP contribution in [0.3, 0.4) is 0 Å². The third-order valence-electron chi connectivity index (χ3n) is 15.0. The molecule has 0 aromatic carbocycles. The average molecular weight is 1490 g/mol. The fourth-order valence-corrected chi connectivity index (χ4v) is 10.8. The van der Waals surface area contributed by atoms with Gasteiger partial charge in [0, 0.05) is 25.7 Å². The SMILES string of the molecule is CC/C=C\C/C=C\C/C=C\C/C=C\C/C=C\C/C=C\CCC(=O)OCC(COP(=O)(O)OCC(O)COP(=O)(O)OCC(COC(=O)CCCCCC/C=C\C/C=C\C/C=C\C/C=C\CC)OC(=O)CCCCCCC/C=C\C/C=C\CCC)OC(=O)CCCC/C=C\C/C=C\C/C=C\C/C=C\CC. The van der Waals surface area contributed by atoms with Crippen LogP contribution in [-0.4, -0.2) is 96.7 Å². The van der Waals surface area contributed by atoms with Crippen molar-refractivity contribution >= 4 is 39.5 Å². The highest BCUT2D eigenvalue weighted by molar-refractivity contribution is 7.47. The van der Waals surface area contributed by atoms with Gasteiger partial charge in [0.05, 0.1) is 26.4 Å². The Hall–Kier alpha value is -6.10. The Morgan fingerprint density at radius 1 is 0.279 bits per heavy atom. The number of carbonyl (C=O) groups excluding carboxylic acids is 4. The van der Waals surface area contributed by atoms with Crippen LogP contribution in [0.5, 0.6) is 0 Å². The van der Waals surface area contributed by atoms with Crippen molar-refractivity contribution in [3.05, 3.63) is 194 Å². The summed E-state index contributed by atoms with van der Waals surface area (Å²) in [4.78, 5) is 72.9. The monoisotopic (exact) mass is 1490 g/mol. The van der Waals surface area contributed by atoms with E-state index in [0.717, 1.165) is 167 Å². The molecule has 17 nitrogen and oxygen atoms in total. The van der Waals surface area contributed by atoms with E-state index in [1.54, 1.807) is 0 Å². The maximum absolute atomic E-state index is 13.1. The molecule has 3 N–H and O–H groups in total. The molecule has 0 bridgehead atoms. The Morgan fingerprint density at radius 3 is 0.846 bits per heavy atom. The Morgan fingerprint density at radius 2 is 0.519 bits per heavy atom. The number of aliphatic hydroxyl groups is 1. The molecule has 0 aromatic rings. The number of hydrogen-bond donors (Lipinski definition) is 3. The summed E-state index contributed by atoms with van der Waals surface area (Å²) in [6.07, 6.45) is 91.5. The van der Waals surface area contributed by atoms with Crippen LogP contribution in [0.4, 0.5) is 0 Å². The van der Waals surface area contributed by atoms with E-state index in [0.29, 0.717) is 38.5 Å². The van der Waals surface area contributed by atoms with E-state index in [1.165, 1.54) is 0 Å². The van der Waals surface area contributed by atoms with Gasteiger partial charge in [-0.2, -0.15) is 0 Å². The number of phosphoric acid groups is 2. The van der Waals surface area contributed by atoms with Crippen molar-refractivity contribution in [1.29, 1.82) is 0 Å². The fourth-order valence-electron chi connectivity index (χ4n) is 9.26. The lowest BCUT2D eigenvalue weighted by molar-refractivity contribution is -0.161. The number of aliphatic hydroxyl groups excluding tert-OH is 1.